The molecule has 3 aromatic rings. The number of aromatic nitrogens is 2. The Kier molecular flexibility index (Phi) is 3.86. The number of para-hydroxylation sites is 1. The van der Waals surface area contributed by atoms with Gasteiger partial charge in [-0.05, 0) is 18.2 Å². The molecule has 0 amide bonds. The van der Waals surface area contributed by atoms with Crippen molar-refractivity contribution in [3.8, 4) is 0 Å². The van der Waals surface area contributed by atoms with E-state index in [1.54, 1.807) is 12.1 Å². The number of rotatable bonds is 5. The first-order chi connectivity index (χ1) is 11.7. The average molecular weight is 324 g/mol. The van der Waals surface area contributed by atoms with Crippen LogP contribution in [0.4, 0.5) is 4.39 Å². The van der Waals surface area contributed by atoms with Crippen LogP contribution >= 0.6 is 0 Å². The number of hydrogen-bond acceptors (Lipinski definition) is 2. The predicted molar refractivity (Wildman–Crippen MR) is 90.2 cm³/mol. The number of quaternary nitrogens is 1. The van der Waals surface area contributed by atoms with E-state index in [-0.39, 0.29) is 11.4 Å². The first kappa shape index (κ1) is 15.0. The Balaban J connectivity index is 1.62. The van der Waals surface area contributed by atoms with Gasteiger partial charge in [0, 0.05) is 18.4 Å². The van der Waals surface area contributed by atoms with E-state index >= 15 is 0 Å². The summed E-state index contributed by atoms with van der Waals surface area (Å²) in [7, 11) is 0. The Bertz CT molecular complexity index is 933. The summed E-state index contributed by atoms with van der Waals surface area (Å²) in [6.45, 7) is 1.20. The minimum absolute atomic E-state index is 0.114. The normalized spacial score (nSPS) is 15.5. The zero-order valence-electron chi connectivity index (χ0n) is 13.3. The Hall–Kier alpha value is -2.53. The van der Waals surface area contributed by atoms with Crippen LogP contribution < -0.4 is 10.5 Å². The van der Waals surface area contributed by atoms with Crippen LogP contribution in [0.15, 0.2) is 53.3 Å². The quantitative estimate of drug-likeness (QED) is 0.752. The molecule has 1 atom stereocenters. The van der Waals surface area contributed by atoms with Crippen LogP contribution in [-0.2, 0) is 13.1 Å². The van der Waals surface area contributed by atoms with Crippen molar-refractivity contribution in [3.05, 3.63) is 76.1 Å². The molecule has 1 fully saturated rings. The molecular weight excluding hydrogens is 305 g/mol. The van der Waals surface area contributed by atoms with Gasteiger partial charge in [-0.1, -0.05) is 30.3 Å². The van der Waals surface area contributed by atoms with Crippen LogP contribution in [0.1, 0.15) is 24.2 Å². The zero-order chi connectivity index (χ0) is 16.5. The highest BCUT2D eigenvalue weighted by Gasteiger charge is 2.34. The maximum Gasteiger partial charge on any atom is 0.258 e. The van der Waals surface area contributed by atoms with Gasteiger partial charge in [0.1, 0.15) is 18.9 Å². The SMILES string of the molecule is O=c1[nH]c(C[NH+](Cc2ccccc2F)C2CC2)nc2ccccc12. The first-order valence-electron chi connectivity index (χ1n) is 8.26. The summed E-state index contributed by atoms with van der Waals surface area (Å²) in [6.07, 6.45) is 2.28. The number of H-pyrrole nitrogens is 1. The molecule has 0 bridgehead atoms. The minimum atomic E-state index is -0.171. The molecule has 5 heteroatoms. The lowest BCUT2D eigenvalue weighted by atomic mass is 10.2. The van der Waals surface area contributed by atoms with Crippen molar-refractivity contribution in [2.24, 2.45) is 0 Å². The predicted octanol–water partition coefficient (Wildman–Crippen LogP) is 1.81. The second-order valence-corrected chi connectivity index (χ2v) is 6.41. The van der Waals surface area contributed by atoms with Crippen molar-refractivity contribution in [2.75, 3.05) is 0 Å². The molecule has 2 aromatic carbocycles. The van der Waals surface area contributed by atoms with Crippen LogP contribution in [0.25, 0.3) is 10.9 Å². The molecule has 0 saturated heterocycles. The smallest absolute Gasteiger partial charge is 0.258 e. The van der Waals surface area contributed by atoms with Gasteiger partial charge in [-0.25, -0.2) is 9.37 Å². The van der Waals surface area contributed by atoms with E-state index < -0.39 is 0 Å². The van der Waals surface area contributed by atoms with E-state index in [1.165, 1.54) is 11.0 Å². The number of halogens is 1. The third-order valence-corrected chi connectivity index (χ3v) is 4.59. The molecule has 1 unspecified atom stereocenters. The van der Waals surface area contributed by atoms with Crippen molar-refractivity contribution in [2.45, 2.75) is 32.0 Å². The Morgan fingerprint density at radius 1 is 1.08 bits per heavy atom. The molecule has 0 aliphatic heterocycles. The van der Waals surface area contributed by atoms with Crippen molar-refractivity contribution in [3.63, 3.8) is 0 Å². The molecule has 1 heterocycles. The topological polar surface area (TPSA) is 50.2 Å². The maximum absolute atomic E-state index is 14.0. The van der Waals surface area contributed by atoms with Gasteiger partial charge in [-0.15, -0.1) is 0 Å². The molecule has 24 heavy (non-hydrogen) atoms. The molecule has 4 nitrogen and oxygen atoms in total. The lowest BCUT2D eigenvalue weighted by Gasteiger charge is -2.19. The van der Waals surface area contributed by atoms with E-state index in [9.17, 15) is 9.18 Å². The number of aromatic amines is 1. The molecule has 4 rings (SSSR count). The van der Waals surface area contributed by atoms with Gasteiger partial charge in [0.25, 0.3) is 5.56 Å². The fourth-order valence-electron chi connectivity index (χ4n) is 3.16. The third kappa shape index (κ3) is 3.08. The van der Waals surface area contributed by atoms with E-state index in [4.69, 9.17) is 0 Å². The lowest BCUT2D eigenvalue weighted by molar-refractivity contribution is -0.939. The number of benzene rings is 2. The van der Waals surface area contributed by atoms with Crippen molar-refractivity contribution < 1.29 is 9.29 Å². The van der Waals surface area contributed by atoms with Gasteiger partial charge in [-0.3, -0.25) is 4.79 Å². The van der Waals surface area contributed by atoms with Gasteiger partial charge in [0.05, 0.1) is 16.9 Å². The first-order valence-corrected chi connectivity index (χ1v) is 8.26. The highest BCUT2D eigenvalue weighted by atomic mass is 19.1. The summed E-state index contributed by atoms with van der Waals surface area (Å²) in [4.78, 5) is 20.9. The van der Waals surface area contributed by atoms with Crippen LogP contribution in [-0.4, -0.2) is 16.0 Å². The molecule has 1 aliphatic rings. The van der Waals surface area contributed by atoms with Gasteiger partial charge in [-0.2, -0.15) is 0 Å². The number of fused-ring (bicyclic) bond motifs is 1. The molecular formula is C19H19FN3O+. The fraction of sp³-hybridized carbons (Fsp3) is 0.263. The molecule has 1 aromatic heterocycles. The second-order valence-electron chi connectivity index (χ2n) is 6.41. The highest BCUT2D eigenvalue weighted by molar-refractivity contribution is 5.77. The molecule has 1 saturated carbocycles. The zero-order valence-corrected chi connectivity index (χ0v) is 13.3. The minimum Gasteiger partial charge on any atom is -0.322 e. The van der Waals surface area contributed by atoms with Gasteiger partial charge in [0.2, 0.25) is 0 Å². The number of nitrogens with zero attached hydrogens (tertiary/aromatic N) is 1. The second kappa shape index (κ2) is 6.17. The largest absolute Gasteiger partial charge is 0.322 e. The maximum atomic E-state index is 14.0. The fourth-order valence-corrected chi connectivity index (χ4v) is 3.16. The van der Waals surface area contributed by atoms with E-state index in [1.807, 2.05) is 30.3 Å². The molecule has 0 spiro atoms. The van der Waals surface area contributed by atoms with E-state index in [2.05, 4.69) is 9.97 Å². The van der Waals surface area contributed by atoms with Gasteiger partial charge in [0.15, 0.2) is 5.82 Å². The third-order valence-electron chi connectivity index (χ3n) is 4.59. The summed E-state index contributed by atoms with van der Waals surface area (Å²) in [5, 5.41) is 0.600. The van der Waals surface area contributed by atoms with E-state index in [0.717, 1.165) is 12.8 Å². The van der Waals surface area contributed by atoms with Gasteiger partial charge >= 0.3 is 0 Å². The molecule has 1 aliphatic carbocycles. The average Bonchev–Trinajstić information content (AvgIpc) is 3.41. The van der Waals surface area contributed by atoms with E-state index in [0.29, 0.717) is 41.4 Å². The summed E-state index contributed by atoms with van der Waals surface area (Å²) in [6, 6.07) is 14.7. The van der Waals surface area contributed by atoms with Crippen molar-refractivity contribution in [1.29, 1.82) is 0 Å². The van der Waals surface area contributed by atoms with Crippen molar-refractivity contribution >= 4 is 10.9 Å². The van der Waals surface area contributed by atoms with Crippen LogP contribution in [0, 0.1) is 5.82 Å². The molecule has 122 valence electrons. The van der Waals surface area contributed by atoms with Gasteiger partial charge < -0.3 is 9.88 Å². The molecule has 0 radical (unpaired) electrons. The standard InChI is InChI=1S/C19H18FN3O/c20-16-7-3-1-5-13(16)11-23(14-9-10-14)12-18-21-17-8-4-2-6-15(17)19(24)22-18/h1-8,14H,9-12H2,(H,21,22,24)/p+1. The monoisotopic (exact) mass is 324 g/mol. The molecule has 2 N–H and O–H groups in total. The number of hydrogen-bond donors (Lipinski definition) is 2. The lowest BCUT2D eigenvalue weighted by Crippen LogP contribution is -3.10. The summed E-state index contributed by atoms with van der Waals surface area (Å²) in [5.74, 6) is 0.493. The highest BCUT2D eigenvalue weighted by Crippen LogP contribution is 2.17. The Morgan fingerprint density at radius 3 is 2.62 bits per heavy atom. The summed E-state index contributed by atoms with van der Waals surface area (Å²) >= 11 is 0. The summed E-state index contributed by atoms with van der Waals surface area (Å²) in [5.41, 5.74) is 1.30. The Morgan fingerprint density at radius 2 is 1.83 bits per heavy atom. The number of nitrogens with one attached hydrogen (secondary N) is 2. The van der Waals surface area contributed by atoms with Crippen LogP contribution in [0.5, 0.6) is 0 Å². The van der Waals surface area contributed by atoms with Crippen LogP contribution in [0.3, 0.4) is 0 Å². The summed E-state index contributed by atoms with van der Waals surface area (Å²) < 4.78 is 14.0. The van der Waals surface area contributed by atoms with Crippen LogP contribution in [0.2, 0.25) is 0 Å². The van der Waals surface area contributed by atoms with Crippen molar-refractivity contribution in [1.82, 2.24) is 9.97 Å². The Labute approximate surface area is 139 Å².